The van der Waals surface area contributed by atoms with Crippen LogP contribution in [0.4, 0.5) is 4.39 Å². The first-order chi connectivity index (χ1) is 11.3. The number of carboxylic acids is 1. The number of rotatable bonds is 8. The van der Waals surface area contributed by atoms with Crippen LogP contribution in [0.1, 0.15) is 25.8 Å². The predicted octanol–water partition coefficient (Wildman–Crippen LogP) is 1.94. The number of nitrogens with zero attached hydrogens (tertiary/aromatic N) is 1. The molecule has 0 aliphatic carbocycles. The summed E-state index contributed by atoms with van der Waals surface area (Å²) in [4.78, 5) is 23.1. The number of carbonyl (C=O) groups is 2. The third kappa shape index (κ3) is 6.08. The highest BCUT2D eigenvalue weighted by Crippen LogP contribution is 2.07. The van der Waals surface area contributed by atoms with E-state index in [4.69, 9.17) is 10.4 Å². The van der Waals surface area contributed by atoms with Crippen molar-refractivity contribution < 1.29 is 19.1 Å². The predicted molar refractivity (Wildman–Crippen MR) is 86.0 cm³/mol. The molecule has 24 heavy (non-hydrogen) atoms. The van der Waals surface area contributed by atoms with Crippen molar-refractivity contribution in [3.8, 4) is 6.07 Å². The van der Waals surface area contributed by atoms with Gasteiger partial charge < -0.3 is 15.7 Å². The van der Waals surface area contributed by atoms with Crippen LogP contribution in [0.2, 0.25) is 0 Å². The van der Waals surface area contributed by atoms with Crippen molar-refractivity contribution in [2.45, 2.75) is 32.9 Å². The number of benzene rings is 1. The van der Waals surface area contributed by atoms with Gasteiger partial charge in [-0.05, 0) is 18.4 Å². The molecule has 0 saturated carbocycles. The maximum Gasteiger partial charge on any atom is 0.326 e. The van der Waals surface area contributed by atoms with E-state index >= 15 is 0 Å². The van der Waals surface area contributed by atoms with Crippen LogP contribution in [-0.2, 0) is 16.1 Å². The number of carboxylic acid groups (broad SMARTS) is 1. The summed E-state index contributed by atoms with van der Waals surface area (Å²) in [6, 6.07) is 6.74. The van der Waals surface area contributed by atoms with Crippen LogP contribution in [0.3, 0.4) is 0 Å². The molecular weight excluding hydrogens is 313 g/mol. The van der Waals surface area contributed by atoms with Crippen LogP contribution in [0, 0.1) is 23.1 Å². The Hall–Kier alpha value is -2.88. The number of aliphatic carboxylic acids is 1. The Labute approximate surface area is 140 Å². The zero-order valence-electron chi connectivity index (χ0n) is 13.5. The fourth-order valence-electron chi connectivity index (χ4n) is 1.98. The lowest BCUT2D eigenvalue weighted by Crippen LogP contribution is -2.42. The summed E-state index contributed by atoms with van der Waals surface area (Å²) in [7, 11) is 0. The van der Waals surface area contributed by atoms with Crippen molar-refractivity contribution in [2.75, 3.05) is 0 Å². The van der Waals surface area contributed by atoms with E-state index < -0.39 is 23.7 Å². The molecule has 0 radical (unpaired) electrons. The lowest BCUT2D eigenvalue weighted by molar-refractivity contribution is -0.141. The molecule has 1 rings (SSSR count). The summed E-state index contributed by atoms with van der Waals surface area (Å²) in [6.07, 6.45) is 1.40. The molecule has 128 valence electrons. The molecule has 0 aliphatic rings. The lowest BCUT2D eigenvalue weighted by Gasteiger charge is -2.16. The van der Waals surface area contributed by atoms with Crippen molar-refractivity contribution in [2.24, 2.45) is 5.92 Å². The SMILES string of the molecule is CC(C)CC(NC(=O)/C(C#N)=C\NCc1ccccc1F)C(=O)O. The fourth-order valence-corrected chi connectivity index (χ4v) is 1.98. The van der Waals surface area contributed by atoms with E-state index in [9.17, 15) is 14.0 Å². The van der Waals surface area contributed by atoms with E-state index in [2.05, 4.69) is 10.6 Å². The molecule has 1 amide bonds. The summed E-state index contributed by atoms with van der Waals surface area (Å²) in [5.74, 6) is -2.27. The van der Waals surface area contributed by atoms with Crippen molar-refractivity contribution in [1.82, 2.24) is 10.6 Å². The van der Waals surface area contributed by atoms with Gasteiger partial charge in [0, 0.05) is 18.3 Å². The van der Waals surface area contributed by atoms with Crippen molar-refractivity contribution >= 4 is 11.9 Å². The monoisotopic (exact) mass is 333 g/mol. The number of halogens is 1. The Morgan fingerprint density at radius 2 is 2.04 bits per heavy atom. The molecule has 0 aliphatic heterocycles. The highest BCUT2D eigenvalue weighted by molar-refractivity contribution is 5.99. The third-order valence-corrected chi connectivity index (χ3v) is 3.17. The number of nitrogens with one attached hydrogen (secondary N) is 2. The molecule has 0 fully saturated rings. The Bertz CT molecular complexity index is 665. The van der Waals surface area contributed by atoms with Crippen LogP contribution in [-0.4, -0.2) is 23.0 Å². The molecule has 7 heteroatoms. The molecule has 3 N–H and O–H groups in total. The summed E-state index contributed by atoms with van der Waals surface area (Å²) in [6.45, 7) is 3.76. The van der Waals surface area contributed by atoms with Gasteiger partial charge in [-0.25, -0.2) is 9.18 Å². The first kappa shape index (κ1) is 19.2. The summed E-state index contributed by atoms with van der Waals surface area (Å²) in [5.41, 5.74) is 0.107. The Morgan fingerprint density at radius 1 is 1.38 bits per heavy atom. The maximum absolute atomic E-state index is 13.5. The van der Waals surface area contributed by atoms with Gasteiger partial charge in [0.1, 0.15) is 23.5 Å². The minimum Gasteiger partial charge on any atom is -0.480 e. The zero-order chi connectivity index (χ0) is 18.1. The standard InChI is InChI=1S/C17H20FN3O3/c1-11(2)7-15(17(23)24)21-16(22)13(8-19)10-20-9-12-5-3-4-6-14(12)18/h3-6,10-11,15,20H,7,9H2,1-2H3,(H,21,22)(H,23,24)/b13-10-. The van der Waals surface area contributed by atoms with Crippen LogP contribution in [0.15, 0.2) is 36.0 Å². The largest absolute Gasteiger partial charge is 0.480 e. The van der Waals surface area contributed by atoms with Gasteiger partial charge >= 0.3 is 5.97 Å². The molecule has 0 heterocycles. The van der Waals surface area contributed by atoms with Crippen molar-refractivity contribution in [1.29, 1.82) is 5.26 Å². The van der Waals surface area contributed by atoms with Gasteiger partial charge in [-0.15, -0.1) is 0 Å². The van der Waals surface area contributed by atoms with E-state index in [-0.39, 0.29) is 24.5 Å². The molecule has 0 bridgehead atoms. The molecule has 1 aromatic carbocycles. The Balaban J connectivity index is 2.70. The summed E-state index contributed by atoms with van der Waals surface area (Å²) in [5, 5.41) is 23.1. The highest BCUT2D eigenvalue weighted by Gasteiger charge is 2.22. The van der Waals surface area contributed by atoms with Gasteiger partial charge in [0.15, 0.2) is 0 Å². The number of hydrogen-bond donors (Lipinski definition) is 3. The first-order valence-corrected chi connectivity index (χ1v) is 7.45. The number of hydrogen-bond acceptors (Lipinski definition) is 4. The number of nitriles is 1. The molecule has 0 spiro atoms. The molecular formula is C17H20FN3O3. The smallest absolute Gasteiger partial charge is 0.326 e. The molecule has 0 saturated heterocycles. The molecule has 6 nitrogen and oxygen atoms in total. The third-order valence-electron chi connectivity index (χ3n) is 3.17. The van der Waals surface area contributed by atoms with E-state index in [0.29, 0.717) is 5.56 Å². The average Bonchev–Trinajstić information content (AvgIpc) is 2.51. The normalized spacial score (nSPS) is 12.4. The van der Waals surface area contributed by atoms with Gasteiger partial charge in [-0.1, -0.05) is 32.0 Å². The van der Waals surface area contributed by atoms with Crippen LogP contribution >= 0.6 is 0 Å². The topological polar surface area (TPSA) is 102 Å². The first-order valence-electron chi connectivity index (χ1n) is 7.45. The van der Waals surface area contributed by atoms with Gasteiger partial charge in [-0.3, -0.25) is 4.79 Å². The van der Waals surface area contributed by atoms with Gasteiger partial charge in [0.05, 0.1) is 0 Å². The van der Waals surface area contributed by atoms with Gasteiger partial charge in [0.25, 0.3) is 5.91 Å². The lowest BCUT2D eigenvalue weighted by atomic mass is 10.0. The van der Waals surface area contributed by atoms with Crippen LogP contribution in [0.5, 0.6) is 0 Å². The second-order valence-electron chi connectivity index (χ2n) is 5.64. The van der Waals surface area contributed by atoms with E-state index in [1.54, 1.807) is 24.3 Å². The highest BCUT2D eigenvalue weighted by atomic mass is 19.1. The van der Waals surface area contributed by atoms with E-state index in [1.807, 2.05) is 13.8 Å². The number of carbonyl (C=O) groups excluding carboxylic acids is 1. The molecule has 1 aromatic rings. The molecule has 1 atom stereocenters. The second-order valence-corrected chi connectivity index (χ2v) is 5.64. The number of amides is 1. The van der Waals surface area contributed by atoms with Crippen LogP contribution in [0.25, 0.3) is 0 Å². The minimum atomic E-state index is -1.16. The second kappa shape index (κ2) is 9.30. The molecule has 0 aromatic heterocycles. The van der Waals surface area contributed by atoms with Crippen LogP contribution < -0.4 is 10.6 Å². The van der Waals surface area contributed by atoms with Crippen molar-refractivity contribution in [3.05, 3.63) is 47.4 Å². The van der Waals surface area contributed by atoms with Gasteiger partial charge in [0.2, 0.25) is 0 Å². The molecule has 1 unspecified atom stereocenters. The Kier molecular flexibility index (Phi) is 7.43. The quantitative estimate of drug-likeness (QED) is 0.498. The van der Waals surface area contributed by atoms with E-state index in [1.165, 1.54) is 6.07 Å². The minimum absolute atomic E-state index is 0.0695. The zero-order valence-corrected chi connectivity index (χ0v) is 13.5. The fraction of sp³-hybridized carbons (Fsp3) is 0.353. The van der Waals surface area contributed by atoms with Gasteiger partial charge in [-0.2, -0.15) is 5.26 Å². The maximum atomic E-state index is 13.5. The average molecular weight is 333 g/mol. The van der Waals surface area contributed by atoms with Crippen molar-refractivity contribution in [3.63, 3.8) is 0 Å². The summed E-state index contributed by atoms with van der Waals surface area (Å²) >= 11 is 0. The van der Waals surface area contributed by atoms with E-state index in [0.717, 1.165) is 6.20 Å². The summed E-state index contributed by atoms with van der Waals surface area (Å²) < 4.78 is 13.5. The Morgan fingerprint density at radius 3 is 2.58 bits per heavy atom.